The monoisotopic (exact) mass is 293 g/mol. The zero-order valence-electron chi connectivity index (χ0n) is 13.7. The highest BCUT2D eigenvalue weighted by molar-refractivity contribution is 5.79. The van der Waals surface area contributed by atoms with Crippen molar-refractivity contribution in [3.05, 3.63) is 0 Å². The molecule has 2 atom stereocenters. The van der Waals surface area contributed by atoms with Gasteiger partial charge in [0.2, 0.25) is 5.91 Å². The Hall–Kier alpha value is -1.12. The van der Waals surface area contributed by atoms with Crippen LogP contribution in [0.15, 0.2) is 0 Å². The van der Waals surface area contributed by atoms with Crippen LogP contribution in [0.3, 0.4) is 0 Å². The van der Waals surface area contributed by atoms with Gasteiger partial charge in [0.15, 0.2) is 0 Å². The molecule has 118 valence electrons. The Morgan fingerprint density at radius 1 is 1.38 bits per heavy atom. The predicted octanol–water partition coefficient (Wildman–Crippen LogP) is 1.73. The van der Waals surface area contributed by atoms with Gasteiger partial charge in [0.25, 0.3) is 0 Å². The summed E-state index contributed by atoms with van der Waals surface area (Å²) < 4.78 is 6.00. The summed E-state index contributed by atoms with van der Waals surface area (Å²) in [6, 6.07) is 2.38. The molecule has 2 fully saturated rings. The SMILES string of the molecule is CC1(C)C[C@@H](NCC(=O)N[C@](C)(C#N)C2CC2)C(C)(C)O1. The van der Waals surface area contributed by atoms with Crippen molar-refractivity contribution in [2.75, 3.05) is 6.54 Å². The highest BCUT2D eigenvalue weighted by Gasteiger charge is 2.46. The number of carbonyl (C=O) groups excluding carboxylic acids is 1. The van der Waals surface area contributed by atoms with Crippen LogP contribution < -0.4 is 10.6 Å². The molecule has 0 spiro atoms. The molecule has 5 heteroatoms. The molecule has 2 aliphatic rings. The molecule has 0 bridgehead atoms. The molecule has 1 aliphatic carbocycles. The summed E-state index contributed by atoms with van der Waals surface area (Å²) in [6.07, 6.45) is 2.91. The van der Waals surface area contributed by atoms with E-state index in [-0.39, 0.29) is 29.7 Å². The summed E-state index contributed by atoms with van der Waals surface area (Å²) >= 11 is 0. The maximum Gasteiger partial charge on any atom is 0.235 e. The highest BCUT2D eigenvalue weighted by atomic mass is 16.5. The number of nitrogens with one attached hydrogen (secondary N) is 2. The van der Waals surface area contributed by atoms with Crippen molar-refractivity contribution in [1.82, 2.24) is 10.6 Å². The van der Waals surface area contributed by atoms with Crippen LogP contribution in [0.25, 0.3) is 0 Å². The minimum Gasteiger partial charge on any atom is -0.368 e. The van der Waals surface area contributed by atoms with E-state index in [4.69, 9.17) is 4.74 Å². The van der Waals surface area contributed by atoms with Gasteiger partial charge in [-0.25, -0.2) is 0 Å². The molecule has 0 aromatic heterocycles. The van der Waals surface area contributed by atoms with Gasteiger partial charge in [-0.1, -0.05) is 0 Å². The van der Waals surface area contributed by atoms with Gasteiger partial charge >= 0.3 is 0 Å². The average Bonchev–Trinajstić information content (AvgIpc) is 3.14. The number of carbonyl (C=O) groups is 1. The van der Waals surface area contributed by atoms with E-state index in [2.05, 4.69) is 30.6 Å². The number of nitrogens with zero attached hydrogens (tertiary/aromatic N) is 1. The Morgan fingerprint density at radius 3 is 2.43 bits per heavy atom. The summed E-state index contributed by atoms with van der Waals surface area (Å²) in [5.74, 6) is 0.183. The fraction of sp³-hybridized carbons (Fsp3) is 0.875. The van der Waals surface area contributed by atoms with E-state index >= 15 is 0 Å². The molecular formula is C16H27N3O2. The quantitative estimate of drug-likeness (QED) is 0.809. The zero-order valence-corrected chi connectivity index (χ0v) is 13.7. The zero-order chi connectivity index (χ0) is 15.9. The fourth-order valence-electron chi connectivity index (χ4n) is 3.31. The number of nitriles is 1. The molecule has 0 aromatic carbocycles. The fourth-order valence-corrected chi connectivity index (χ4v) is 3.31. The first-order valence-electron chi connectivity index (χ1n) is 7.74. The lowest BCUT2D eigenvalue weighted by Crippen LogP contribution is -2.52. The third-order valence-corrected chi connectivity index (χ3v) is 4.61. The summed E-state index contributed by atoms with van der Waals surface area (Å²) in [5.41, 5.74) is -1.19. The number of amides is 1. The topological polar surface area (TPSA) is 74.2 Å². The molecule has 2 N–H and O–H groups in total. The molecule has 0 radical (unpaired) electrons. The van der Waals surface area contributed by atoms with Gasteiger partial charge in [-0.3, -0.25) is 4.79 Å². The van der Waals surface area contributed by atoms with Crippen LogP contribution in [0.2, 0.25) is 0 Å². The van der Waals surface area contributed by atoms with E-state index in [1.54, 1.807) is 0 Å². The standard InChI is InChI=1S/C16H27N3O2/c1-14(2)8-12(15(3,4)21-14)18-9-13(20)19-16(5,10-17)11-6-7-11/h11-12,18H,6-9H2,1-5H3,(H,19,20)/t12-,16-/m1/s1. The normalized spacial score (nSPS) is 29.4. The summed E-state index contributed by atoms with van der Waals surface area (Å²) in [5, 5.41) is 15.4. The lowest BCUT2D eigenvalue weighted by atomic mass is 9.94. The molecule has 1 saturated heterocycles. The highest BCUT2D eigenvalue weighted by Crippen LogP contribution is 2.39. The predicted molar refractivity (Wildman–Crippen MR) is 80.5 cm³/mol. The number of hydrogen-bond acceptors (Lipinski definition) is 4. The molecule has 1 saturated carbocycles. The van der Waals surface area contributed by atoms with Gasteiger partial charge < -0.3 is 15.4 Å². The van der Waals surface area contributed by atoms with Crippen molar-refractivity contribution in [1.29, 1.82) is 5.26 Å². The molecule has 2 rings (SSSR count). The van der Waals surface area contributed by atoms with E-state index in [9.17, 15) is 10.1 Å². The van der Waals surface area contributed by atoms with Crippen molar-refractivity contribution in [2.45, 2.75) is 76.7 Å². The number of ether oxygens (including phenoxy) is 1. The van der Waals surface area contributed by atoms with Crippen molar-refractivity contribution in [3.63, 3.8) is 0 Å². The van der Waals surface area contributed by atoms with E-state index in [0.717, 1.165) is 19.3 Å². The first-order chi connectivity index (χ1) is 9.58. The largest absolute Gasteiger partial charge is 0.368 e. The molecular weight excluding hydrogens is 266 g/mol. The molecule has 1 heterocycles. The van der Waals surface area contributed by atoms with Gasteiger partial charge in [-0.2, -0.15) is 5.26 Å². The minimum atomic E-state index is -0.722. The van der Waals surface area contributed by atoms with Crippen LogP contribution in [0, 0.1) is 17.2 Å². The second kappa shape index (κ2) is 5.26. The van der Waals surface area contributed by atoms with Crippen LogP contribution in [0.4, 0.5) is 0 Å². The third kappa shape index (κ3) is 3.75. The van der Waals surface area contributed by atoms with E-state index in [0.29, 0.717) is 5.92 Å². The average molecular weight is 293 g/mol. The van der Waals surface area contributed by atoms with Crippen molar-refractivity contribution >= 4 is 5.91 Å². The minimum absolute atomic E-state index is 0.119. The van der Waals surface area contributed by atoms with Crippen LogP contribution in [0.1, 0.15) is 53.9 Å². The van der Waals surface area contributed by atoms with Crippen LogP contribution >= 0.6 is 0 Å². The van der Waals surface area contributed by atoms with Crippen LogP contribution in [0.5, 0.6) is 0 Å². The Balaban J connectivity index is 1.86. The van der Waals surface area contributed by atoms with Crippen LogP contribution in [-0.2, 0) is 9.53 Å². The molecule has 1 amide bonds. The van der Waals surface area contributed by atoms with Crippen LogP contribution in [-0.4, -0.2) is 35.2 Å². The van der Waals surface area contributed by atoms with Gasteiger partial charge in [-0.05, 0) is 59.8 Å². The molecule has 1 aliphatic heterocycles. The van der Waals surface area contributed by atoms with Crippen molar-refractivity contribution in [3.8, 4) is 6.07 Å². The maximum atomic E-state index is 12.1. The van der Waals surface area contributed by atoms with E-state index in [1.807, 2.05) is 20.8 Å². The molecule has 21 heavy (non-hydrogen) atoms. The Morgan fingerprint density at radius 2 is 2.00 bits per heavy atom. The first kappa shape index (κ1) is 16.3. The summed E-state index contributed by atoms with van der Waals surface area (Å²) in [4.78, 5) is 12.1. The second-order valence-corrected chi connectivity index (χ2v) is 7.74. The Labute approximate surface area is 127 Å². The molecule has 5 nitrogen and oxygen atoms in total. The molecule has 0 unspecified atom stereocenters. The number of rotatable bonds is 5. The first-order valence-corrected chi connectivity index (χ1v) is 7.74. The Kier molecular flexibility index (Phi) is 4.07. The molecule has 0 aromatic rings. The maximum absolute atomic E-state index is 12.1. The lowest BCUT2D eigenvalue weighted by molar-refractivity contribution is -0.122. The third-order valence-electron chi connectivity index (χ3n) is 4.61. The van der Waals surface area contributed by atoms with Gasteiger partial charge in [0.05, 0.1) is 23.8 Å². The van der Waals surface area contributed by atoms with Gasteiger partial charge in [0, 0.05) is 6.04 Å². The Bertz CT molecular complexity index is 463. The van der Waals surface area contributed by atoms with Gasteiger partial charge in [0.1, 0.15) is 5.54 Å². The second-order valence-electron chi connectivity index (χ2n) is 7.74. The van der Waals surface area contributed by atoms with E-state index < -0.39 is 5.54 Å². The van der Waals surface area contributed by atoms with Crippen molar-refractivity contribution in [2.24, 2.45) is 5.92 Å². The summed E-state index contributed by atoms with van der Waals surface area (Å²) in [6.45, 7) is 10.3. The number of hydrogen-bond donors (Lipinski definition) is 2. The lowest BCUT2D eigenvalue weighted by Gasteiger charge is -2.28. The summed E-state index contributed by atoms with van der Waals surface area (Å²) in [7, 11) is 0. The van der Waals surface area contributed by atoms with Gasteiger partial charge in [-0.15, -0.1) is 0 Å². The van der Waals surface area contributed by atoms with E-state index in [1.165, 1.54) is 0 Å². The van der Waals surface area contributed by atoms with Crippen molar-refractivity contribution < 1.29 is 9.53 Å². The smallest absolute Gasteiger partial charge is 0.235 e.